The molecule has 2 aliphatic rings. The molecule has 2 aliphatic heterocycles. The molecule has 31 heavy (non-hydrogen) atoms. The Bertz CT molecular complexity index is 1010. The van der Waals surface area contributed by atoms with E-state index in [-0.39, 0.29) is 11.9 Å². The Morgan fingerprint density at radius 1 is 1.16 bits per heavy atom. The summed E-state index contributed by atoms with van der Waals surface area (Å²) in [5, 5.41) is 7.52. The van der Waals surface area contributed by atoms with Gasteiger partial charge in [-0.25, -0.2) is 4.99 Å². The molecule has 2 atom stereocenters. The lowest BCUT2D eigenvalue weighted by molar-refractivity contribution is -0.119. The summed E-state index contributed by atoms with van der Waals surface area (Å²) >= 11 is 11.8. The molecule has 0 aliphatic carbocycles. The number of carbonyl (C=O) groups excluding carboxylic acids is 1. The second-order valence-corrected chi connectivity index (χ2v) is 8.87. The van der Waals surface area contributed by atoms with E-state index in [0.29, 0.717) is 15.8 Å². The molecular weight excluding hydrogens is 430 g/mol. The van der Waals surface area contributed by atoms with Crippen LogP contribution in [0.15, 0.2) is 53.5 Å². The summed E-state index contributed by atoms with van der Waals surface area (Å²) in [4.78, 5) is 22.0. The van der Waals surface area contributed by atoms with Crippen LogP contribution in [0.4, 0.5) is 5.69 Å². The van der Waals surface area contributed by atoms with Crippen molar-refractivity contribution in [3.05, 3.63) is 64.7 Å². The van der Waals surface area contributed by atoms with E-state index < -0.39 is 6.17 Å². The zero-order valence-electron chi connectivity index (χ0n) is 17.6. The Kier molecular flexibility index (Phi) is 6.55. The number of fused-ring (bicyclic) bond motifs is 1. The van der Waals surface area contributed by atoms with Gasteiger partial charge in [0.1, 0.15) is 0 Å². The molecule has 4 rings (SSSR count). The van der Waals surface area contributed by atoms with E-state index in [0.717, 1.165) is 42.7 Å². The number of carbonyl (C=O) groups is 1. The molecule has 8 heteroatoms. The zero-order valence-corrected chi connectivity index (χ0v) is 19.2. The predicted molar refractivity (Wildman–Crippen MR) is 130 cm³/mol. The number of likely N-dealkylation sites (N-methyl/N-ethyl adjacent to an activating group) is 2. The fourth-order valence-electron chi connectivity index (χ4n) is 4.10. The molecule has 0 radical (unpaired) electrons. The molecule has 1 amide bonds. The third kappa shape index (κ3) is 4.89. The van der Waals surface area contributed by atoms with E-state index in [1.54, 1.807) is 18.0 Å². The lowest BCUT2D eigenvalue weighted by atomic mass is 10.0. The number of thiocarbonyl (C=S) groups is 1. The number of benzodiazepines with no additional fused rings is 1. The van der Waals surface area contributed by atoms with Crippen molar-refractivity contribution in [2.45, 2.75) is 25.0 Å². The molecule has 2 heterocycles. The summed E-state index contributed by atoms with van der Waals surface area (Å²) in [5.41, 5.74) is 3.18. The molecule has 2 aromatic carbocycles. The van der Waals surface area contributed by atoms with Crippen LogP contribution in [0.5, 0.6) is 0 Å². The molecule has 6 nitrogen and oxygen atoms in total. The summed E-state index contributed by atoms with van der Waals surface area (Å²) < 4.78 is 0. The van der Waals surface area contributed by atoms with Gasteiger partial charge in [-0.15, -0.1) is 0 Å². The molecule has 1 fully saturated rings. The van der Waals surface area contributed by atoms with E-state index in [1.807, 2.05) is 42.5 Å². The van der Waals surface area contributed by atoms with Crippen molar-refractivity contribution in [2.75, 3.05) is 32.1 Å². The van der Waals surface area contributed by atoms with Crippen molar-refractivity contribution >= 4 is 46.2 Å². The summed E-state index contributed by atoms with van der Waals surface area (Å²) in [6, 6.07) is 15.5. The Hall–Kier alpha value is -2.48. The lowest BCUT2D eigenvalue weighted by Gasteiger charge is -2.31. The van der Waals surface area contributed by atoms with Crippen LogP contribution < -0.4 is 15.5 Å². The maximum Gasteiger partial charge on any atom is 0.272 e. The van der Waals surface area contributed by atoms with Crippen molar-refractivity contribution in [2.24, 2.45) is 4.99 Å². The number of likely N-dealkylation sites (tertiary alicyclic amines) is 1. The van der Waals surface area contributed by atoms with Crippen LogP contribution in [-0.4, -0.2) is 61.0 Å². The molecule has 2 unspecified atom stereocenters. The highest BCUT2D eigenvalue weighted by molar-refractivity contribution is 7.80. The molecule has 162 valence electrons. The largest absolute Gasteiger partial charge is 0.359 e. The number of amides is 1. The number of hydrogen-bond acceptors (Lipinski definition) is 4. The Labute approximate surface area is 193 Å². The van der Waals surface area contributed by atoms with Gasteiger partial charge in [-0.2, -0.15) is 0 Å². The molecule has 2 N–H and O–H groups in total. The Morgan fingerprint density at radius 2 is 1.94 bits per heavy atom. The number of hydrogen-bond donors (Lipinski definition) is 2. The average Bonchev–Trinajstić information content (AvgIpc) is 2.85. The first-order valence-electron chi connectivity index (χ1n) is 10.4. The van der Waals surface area contributed by atoms with Crippen LogP contribution in [0.25, 0.3) is 0 Å². The quantitative estimate of drug-likeness (QED) is 0.696. The monoisotopic (exact) mass is 455 g/mol. The standard InChI is InChI=1S/C23H26ClN5OS/c1-28-12-6-9-17(14-28)25-23(31)27-21-22(30)29(2)19-11-10-16(24)13-18(19)20(26-21)15-7-4-3-5-8-15/h3-5,7-8,10-11,13,17,21H,6,9,12,14H2,1-2H3,(H2,25,27,31). The highest BCUT2D eigenvalue weighted by atomic mass is 35.5. The Balaban J connectivity index is 1.65. The van der Waals surface area contributed by atoms with Crippen molar-refractivity contribution in [1.29, 1.82) is 0 Å². The van der Waals surface area contributed by atoms with Crippen LogP contribution in [0.2, 0.25) is 5.02 Å². The molecule has 0 spiro atoms. The minimum atomic E-state index is -0.840. The third-order valence-electron chi connectivity index (χ3n) is 5.67. The van der Waals surface area contributed by atoms with Gasteiger partial charge in [0.15, 0.2) is 5.11 Å². The van der Waals surface area contributed by atoms with Crippen molar-refractivity contribution in [3.63, 3.8) is 0 Å². The van der Waals surface area contributed by atoms with Gasteiger partial charge in [-0.05, 0) is 56.9 Å². The minimum absolute atomic E-state index is 0.181. The van der Waals surface area contributed by atoms with Crippen LogP contribution in [0.1, 0.15) is 24.0 Å². The van der Waals surface area contributed by atoms with E-state index in [9.17, 15) is 4.79 Å². The summed E-state index contributed by atoms with van der Waals surface area (Å²) in [6.45, 7) is 2.01. The van der Waals surface area contributed by atoms with Gasteiger partial charge >= 0.3 is 0 Å². The number of nitrogens with zero attached hydrogens (tertiary/aromatic N) is 3. The molecule has 0 bridgehead atoms. The van der Waals surface area contributed by atoms with E-state index in [2.05, 4.69) is 22.6 Å². The van der Waals surface area contributed by atoms with Gasteiger partial charge in [-0.3, -0.25) is 4.79 Å². The van der Waals surface area contributed by atoms with Gasteiger partial charge in [0.05, 0.1) is 11.4 Å². The maximum absolute atomic E-state index is 13.3. The van der Waals surface area contributed by atoms with Gasteiger partial charge in [0.2, 0.25) is 6.17 Å². The van der Waals surface area contributed by atoms with Crippen LogP contribution in [-0.2, 0) is 4.79 Å². The molecule has 0 saturated carbocycles. The van der Waals surface area contributed by atoms with Crippen LogP contribution >= 0.6 is 23.8 Å². The summed E-state index contributed by atoms with van der Waals surface area (Å²) in [5.74, 6) is -0.181. The first kappa shape index (κ1) is 21.7. The van der Waals surface area contributed by atoms with E-state index in [1.165, 1.54) is 0 Å². The van der Waals surface area contributed by atoms with Crippen molar-refractivity contribution < 1.29 is 4.79 Å². The van der Waals surface area contributed by atoms with Crippen LogP contribution in [0.3, 0.4) is 0 Å². The number of benzene rings is 2. The van der Waals surface area contributed by atoms with Crippen molar-refractivity contribution in [3.8, 4) is 0 Å². The maximum atomic E-state index is 13.3. The third-order valence-corrected chi connectivity index (χ3v) is 6.14. The second kappa shape index (κ2) is 9.34. The number of rotatable bonds is 3. The van der Waals surface area contributed by atoms with Crippen molar-refractivity contribution in [1.82, 2.24) is 15.5 Å². The minimum Gasteiger partial charge on any atom is -0.359 e. The second-order valence-electron chi connectivity index (χ2n) is 8.02. The summed E-state index contributed by atoms with van der Waals surface area (Å²) in [7, 11) is 3.85. The smallest absolute Gasteiger partial charge is 0.272 e. The first-order valence-corrected chi connectivity index (χ1v) is 11.2. The Morgan fingerprint density at radius 3 is 2.68 bits per heavy atom. The lowest BCUT2D eigenvalue weighted by Crippen LogP contribution is -2.54. The van der Waals surface area contributed by atoms with E-state index in [4.69, 9.17) is 28.8 Å². The van der Waals surface area contributed by atoms with Gasteiger partial charge in [-0.1, -0.05) is 41.9 Å². The number of nitrogens with one attached hydrogen (secondary N) is 2. The fraction of sp³-hybridized carbons (Fsp3) is 0.348. The van der Waals surface area contributed by atoms with Crippen LogP contribution in [0, 0.1) is 0 Å². The highest BCUT2D eigenvalue weighted by Gasteiger charge is 2.31. The SMILES string of the molecule is CN1CCCC(NC(=S)NC2N=C(c3ccccc3)c3cc(Cl)ccc3N(C)C2=O)C1. The van der Waals surface area contributed by atoms with E-state index >= 15 is 0 Å². The molecule has 1 saturated heterocycles. The average molecular weight is 456 g/mol. The van der Waals surface area contributed by atoms with Gasteiger partial charge in [0.25, 0.3) is 5.91 Å². The van der Waals surface area contributed by atoms with Gasteiger partial charge < -0.3 is 20.4 Å². The fourth-order valence-corrected chi connectivity index (χ4v) is 4.55. The zero-order chi connectivity index (χ0) is 22.0. The van der Waals surface area contributed by atoms with Gasteiger partial charge in [0, 0.05) is 35.8 Å². The first-order chi connectivity index (χ1) is 14.9. The number of halogens is 1. The topological polar surface area (TPSA) is 60.0 Å². The molecular formula is C23H26ClN5OS. The number of piperidine rings is 1. The highest BCUT2D eigenvalue weighted by Crippen LogP contribution is 2.29. The molecule has 2 aromatic rings. The summed E-state index contributed by atoms with van der Waals surface area (Å²) in [6.07, 6.45) is 1.33. The number of aliphatic imine (C=N–C) groups is 1. The molecule has 0 aromatic heterocycles. The predicted octanol–water partition coefficient (Wildman–Crippen LogP) is 3.04. The number of anilines is 1. The normalized spacial score (nSPS) is 21.7.